The molecule has 0 radical (unpaired) electrons. The zero-order valence-corrected chi connectivity index (χ0v) is 18.7. The van der Waals surface area contributed by atoms with Crippen LogP contribution in [0.25, 0.3) is 0 Å². The molecule has 1 atom stereocenters. The molecule has 0 fully saturated rings. The molecule has 1 amide bonds. The summed E-state index contributed by atoms with van der Waals surface area (Å²) in [4.78, 5) is 13.6. The van der Waals surface area contributed by atoms with E-state index in [4.69, 9.17) is 0 Å². The van der Waals surface area contributed by atoms with Gasteiger partial charge in [-0.15, -0.1) is 11.8 Å². The number of amides is 1. The fourth-order valence-electron chi connectivity index (χ4n) is 2.89. The standard InChI is InChI=1S/C23H24N2O3S2/c1-16-8-7-9-17(2)22(16)25-30(27,28)21-14-12-19(13-15-21)24-23(26)18(3)29-20-10-5-4-6-11-20/h4-15,18,25H,1-3H3,(H,24,26)/t18-/m0/s1. The van der Waals surface area contributed by atoms with E-state index in [1.807, 2.05) is 69.3 Å². The SMILES string of the molecule is Cc1cccc(C)c1NS(=O)(=O)c1ccc(NC(=O)[C@H](C)Sc2ccccc2)cc1. The summed E-state index contributed by atoms with van der Waals surface area (Å²) in [7, 11) is -3.73. The highest BCUT2D eigenvalue weighted by atomic mass is 32.2. The molecule has 3 aromatic carbocycles. The molecule has 0 aliphatic rings. The lowest BCUT2D eigenvalue weighted by Gasteiger charge is -2.14. The Morgan fingerprint density at radius 2 is 1.47 bits per heavy atom. The van der Waals surface area contributed by atoms with Crippen LogP contribution in [0.1, 0.15) is 18.1 Å². The van der Waals surface area contributed by atoms with Crippen molar-refractivity contribution in [1.29, 1.82) is 0 Å². The number of rotatable bonds is 7. The Bertz CT molecular complexity index is 1110. The molecule has 0 spiro atoms. The van der Waals surface area contributed by atoms with Gasteiger partial charge in [-0.1, -0.05) is 36.4 Å². The maximum absolute atomic E-state index is 12.7. The Morgan fingerprint density at radius 1 is 0.867 bits per heavy atom. The van der Waals surface area contributed by atoms with Gasteiger partial charge in [0.15, 0.2) is 0 Å². The number of hydrogen-bond acceptors (Lipinski definition) is 4. The lowest BCUT2D eigenvalue weighted by molar-refractivity contribution is -0.115. The van der Waals surface area contributed by atoms with Crippen molar-refractivity contribution < 1.29 is 13.2 Å². The second kappa shape index (κ2) is 9.36. The topological polar surface area (TPSA) is 75.3 Å². The molecule has 0 bridgehead atoms. The third-order valence-corrected chi connectivity index (χ3v) is 7.05. The molecule has 3 aromatic rings. The van der Waals surface area contributed by atoms with Crippen LogP contribution < -0.4 is 10.0 Å². The van der Waals surface area contributed by atoms with E-state index in [-0.39, 0.29) is 16.1 Å². The molecule has 7 heteroatoms. The Morgan fingerprint density at radius 3 is 2.07 bits per heavy atom. The molecule has 30 heavy (non-hydrogen) atoms. The van der Waals surface area contributed by atoms with Crippen molar-refractivity contribution in [2.24, 2.45) is 0 Å². The highest BCUT2D eigenvalue weighted by Gasteiger charge is 2.18. The predicted molar refractivity (Wildman–Crippen MR) is 124 cm³/mol. The van der Waals surface area contributed by atoms with E-state index in [0.29, 0.717) is 11.4 Å². The van der Waals surface area contributed by atoms with E-state index in [2.05, 4.69) is 10.0 Å². The number of carbonyl (C=O) groups is 1. The summed E-state index contributed by atoms with van der Waals surface area (Å²) in [6.07, 6.45) is 0. The van der Waals surface area contributed by atoms with Crippen molar-refractivity contribution in [3.8, 4) is 0 Å². The molecule has 2 N–H and O–H groups in total. The van der Waals surface area contributed by atoms with Crippen LogP contribution in [0.5, 0.6) is 0 Å². The third kappa shape index (κ3) is 5.43. The van der Waals surface area contributed by atoms with E-state index in [1.54, 1.807) is 12.1 Å². The van der Waals surface area contributed by atoms with E-state index in [9.17, 15) is 13.2 Å². The molecule has 0 aromatic heterocycles. The second-order valence-electron chi connectivity index (χ2n) is 6.96. The molecule has 156 valence electrons. The molecule has 0 aliphatic carbocycles. The van der Waals surface area contributed by atoms with Crippen LogP contribution in [0.3, 0.4) is 0 Å². The maximum Gasteiger partial charge on any atom is 0.261 e. The number of aryl methyl sites for hydroxylation is 2. The summed E-state index contributed by atoms with van der Waals surface area (Å²) in [5, 5.41) is 2.54. The highest BCUT2D eigenvalue weighted by Crippen LogP contribution is 2.26. The minimum atomic E-state index is -3.73. The molecule has 3 rings (SSSR count). The minimum absolute atomic E-state index is 0.134. The summed E-state index contributed by atoms with van der Waals surface area (Å²) in [5.74, 6) is -0.145. The van der Waals surface area contributed by atoms with E-state index < -0.39 is 10.0 Å². The van der Waals surface area contributed by atoms with Crippen LogP contribution in [0.15, 0.2) is 82.6 Å². The lowest BCUT2D eigenvalue weighted by atomic mass is 10.1. The molecular weight excluding hydrogens is 416 g/mol. The molecule has 0 aliphatic heterocycles. The summed E-state index contributed by atoms with van der Waals surface area (Å²) >= 11 is 1.46. The zero-order chi connectivity index (χ0) is 21.7. The summed E-state index contributed by atoms with van der Waals surface area (Å²) in [5.41, 5.74) is 2.84. The smallest absolute Gasteiger partial charge is 0.261 e. The highest BCUT2D eigenvalue weighted by molar-refractivity contribution is 8.00. The first-order valence-corrected chi connectivity index (χ1v) is 11.8. The van der Waals surface area contributed by atoms with E-state index in [1.165, 1.54) is 23.9 Å². The van der Waals surface area contributed by atoms with Crippen molar-refractivity contribution in [1.82, 2.24) is 0 Å². The van der Waals surface area contributed by atoms with Gasteiger partial charge in [-0.2, -0.15) is 0 Å². The second-order valence-corrected chi connectivity index (χ2v) is 10.1. The van der Waals surface area contributed by atoms with Crippen molar-refractivity contribution in [2.75, 3.05) is 10.0 Å². The van der Waals surface area contributed by atoms with Gasteiger partial charge in [0.05, 0.1) is 15.8 Å². The fourth-order valence-corrected chi connectivity index (χ4v) is 4.98. The first kappa shape index (κ1) is 21.9. The minimum Gasteiger partial charge on any atom is -0.325 e. The molecule has 0 heterocycles. The zero-order valence-electron chi connectivity index (χ0n) is 17.0. The van der Waals surface area contributed by atoms with Gasteiger partial charge in [0.25, 0.3) is 10.0 Å². The van der Waals surface area contributed by atoms with Crippen LogP contribution in [-0.4, -0.2) is 19.6 Å². The maximum atomic E-state index is 12.7. The molecule has 0 unspecified atom stereocenters. The quantitative estimate of drug-likeness (QED) is 0.494. The van der Waals surface area contributed by atoms with Crippen molar-refractivity contribution in [3.63, 3.8) is 0 Å². The van der Waals surface area contributed by atoms with Gasteiger partial charge in [-0.05, 0) is 68.3 Å². The van der Waals surface area contributed by atoms with Gasteiger partial charge in [-0.3, -0.25) is 9.52 Å². The summed E-state index contributed by atoms with van der Waals surface area (Å²) < 4.78 is 28.2. The van der Waals surface area contributed by atoms with Gasteiger partial charge in [-0.25, -0.2) is 8.42 Å². The first-order valence-electron chi connectivity index (χ1n) is 9.48. The van der Waals surface area contributed by atoms with Gasteiger partial charge in [0, 0.05) is 10.6 Å². The lowest BCUT2D eigenvalue weighted by Crippen LogP contribution is -2.22. The molecule has 0 saturated carbocycles. The number of hydrogen-bond donors (Lipinski definition) is 2. The first-order chi connectivity index (χ1) is 14.3. The number of anilines is 2. The van der Waals surface area contributed by atoms with Crippen LogP contribution in [0, 0.1) is 13.8 Å². The number of thioether (sulfide) groups is 1. The van der Waals surface area contributed by atoms with Crippen LogP contribution in [0.4, 0.5) is 11.4 Å². The van der Waals surface area contributed by atoms with Gasteiger partial charge in [0.2, 0.25) is 5.91 Å². The largest absolute Gasteiger partial charge is 0.325 e. The molecular formula is C23H24N2O3S2. The fraction of sp³-hybridized carbons (Fsp3) is 0.174. The monoisotopic (exact) mass is 440 g/mol. The van der Waals surface area contributed by atoms with Crippen molar-refractivity contribution >= 4 is 39.1 Å². The number of nitrogens with one attached hydrogen (secondary N) is 2. The molecule has 5 nitrogen and oxygen atoms in total. The number of sulfonamides is 1. The summed E-state index contributed by atoms with van der Waals surface area (Å²) in [6.45, 7) is 5.55. The van der Waals surface area contributed by atoms with Crippen LogP contribution >= 0.6 is 11.8 Å². The van der Waals surface area contributed by atoms with Gasteiger partial charge < -0.3 is 5.32 Å². The Labute approximate surface area is 182 Å². The normalized spacial score (nSPS) is 12.2. The Kier molecular flexibility index (Phi) is 6.84. The average Bonchev–Trinajstić information content (AvgIpc) is 2.72. The van der Waals surface area contributed by atoms with Crippen LogP contribution in [0.2, 0.25) is 0 Å². The third-order valence-electron chi connectivity index (χ3n) is 4.57. The van der Waals surface area contributed by atoms with Crippen molar-refractivity contribution in [3.05, 3.63) is 83.9 Å². The summed E-state index contributed by atoms with van der Waals surface area (Å²) in [6, 6.07) is 21.5. The van der Waals surface area contributed by atoms with Crippen LogP contribution in [-0.2, 0) is 14.8 Å². The number of benzene rings is 3. The van der Waals surface area contributed by atoms with Gasteiger partial charge >= 0.3 is 0 Å². The Hall–Kier alpha value is -2.77. The van der Waals surface area contributed by atoms with Crippen molar-refractivity contribution in [2.45, 2.75) is 35.8 Å². The average molecular weight is 441 g/mol. The van der Waals surface area contributed by atoms with Gasteiger partial charge in [0.1, 0.15) is 0 Å². The Balaban J connectivity index is 1.67. The van der Waals surface area contributed by atoms with E-state index in [0.717, 1.165) is 16.0 Å². The van der Waals surface area contributed by atoms with E-state index >= 15 is 0 Å². The number of carbonyl (C=O) groups excluding carboxylic acids is 1. The predicted octanol–water partition coefficient (Wildman–Crippen LogP) is 5.22. The molecule has 0 saturated heterocycles. The number of para-hydroxylation sites is 1.